The van der Waals surface area contributed by atoms with Crippen molar-refractivity contribution < 1.29 is 29.4 Å². The summed E-state index contributed by atoms with van der Waals surface area (Å²) >= 11 is 1.63. The summed E-state index contributed by atoms with van der Waals surface area (Å²) in [6, 6.07) is 15.2. The average molecular weight is 555 g/mol. The van der Waals surface area contributed by atoms with Crippen molar-refractivity contribution >= 4 is 29.3 Å². The lowest BCUT2D eigenvalue weighted by atomic mass is 10.0. The summed E-state index contributed by atoms with van der Waals surface area (Å²) in [4.78, 5) is 27.9. The molecular weight excluding hydrogens is 520 g/mol. The minimum Gasteiger partial charge on any atom is -0.392 e. The van der Waals surface area contributed by atoms with Gasteiger partial charge in [0.1, 0.15) is 0 Å². The van der Waals surface area contributed by atoms with Crippen LogP contribution in [0.3, 0.4) is 0 Å². The molecule has 1 aliphatic rings. The molecule has 39 heavy (non-hydrogen) atoms. The van der Waals surface area contributed by atoms with Crippen molar-refractivity contribution in [2.45, 2.75) is 62.4 Å². The number of hydrogen-bond donors (Lipinski definition) is 4. The lowest BCUT2D eigenvalue weighted by Crippen LogP contribution is -2.31. The number of unbranched alkanes of at least 4 members (excludes halogenated alkanes) is 1. The van der Waals surface area contributed by atoms with Gasteiger partial charge in [0.2, 0.25) is 11.8 Å². The Morgan fingerprint density at radius 1 is 1.08 bits per heavy atom. The molecule has 0 saturated carbocycles. The number of nitrogens with zero attached hydrogens (tertiary/aromatic N) is 2. The highest BCUT2D eigenvalue weighted by molar-refractivity contribution is 7.99. The van der Waals surface area contributed by atoms with Crippen LogP contribution in [0, 0.1) is 0 Å². The van der Waals surface area contributed by atoms with Gasteiger partial charge in [-0.15, -0.1) is 0 Å². The van der Waals surface area contributed by atoms with Crippen LogP contribution in [0.4, 0.5) is 5.69 Å². The Labute approximate surface area is 231 Å². The van der Waals surface area contributed by atoms with Gasteiger partial charge >= 0.3 is 0 Å². The number of aryl methyl sites for hydroxylation is 1. The number of ether oxygens (including phenoxy) is 2. The quantitative estimate of drug-likeness (QED) is 0.113. The van der Waals surface area contributed by atoms with E-state index in [0.29, 0.717) is 30.7 Å². The Morgan fingerprint density at radius 2 is 1.85 bits per heavy atom. The lowest BCUT2D eigenvalue weighted by molar-refractivity contribution is -0.245. The van der Waals surface area contributed by atoms with Crippen molar-refractivity contribution in [3.63, 3.8) is 0 Å². The van der Waals surface area contributed by atoms with Crippen molar-refractivity contribution in [3.8, 4) is 0 Å². The van der Waals surface area contributed by atoms with Gasteiger partial charge < -0.3 is 24.5 Å². The van der Waals surface area contributed by atoms with E-state index in [1.54, 1.807) is 23.4 Å². The number of thioether (sulfide) groups is 1. The van der Waals surface area contributed by atoms with Gasteiger partial charge in [0, 0.05) is 55.7 Å². The van der Waals surface area contributed by atoms with Crippen LogP contribution in [-0.4, -0.2) is 43.5 Å². The smallest absolute Gasteiger partial charge is 0.243 e. The third-order valence-corrected chi connectivity index (χ3v) is 7.61. The number of anilines is 1. The molecule has 0 bridgehead atoms. The number of benzene rings is 2. The molecule has 1 aromatic heterocycles. The normalized spacial score (nSPS) is 19.0. The number of carbonyl (C=O) groups excluding carboxylic acids is 2. The third-order valence-electron chi connectivity index (χ3n) is 6.42. The van der Waals surface area contributed by atoms with Crippen LogP contribution < -0.4 is 10.8 Å². The van der Waals surface area contributed by atoms with Crippen molar-refractivity contribution in [2.75, 3.05) is 11.1 Å². The molecule has 3 unspecified atom stereocenters. The Morgan fingerprint density at radius 3 is 2.54 bits per heavy atom. The summed E-state index contributed by atoms with van der Waals surface area (Å²) in [5, 5.41) is 21.8. The Kier molecular flexibility index (Phi) is 10.5. The number of nitrogens with one attached hydrogen (secondary N) is 2. The van der Waals surface area contributed by atoms with Crippen LogP contribution in [0.15, 0.2) is 66.1 Å². The van der Waals surface area contributed by atoms with E-state index in [9.17, 15) is 14.7 Å². The van der Waals surface area contributed by atoms with Gasteiger partial charge in [-0.2, -0.15) is 0 Å². The van der Waals surface area contributed by atoms with Crippen molar-refractivity contribution in [3.05, 3.63) is 77.6 Å². The summed E-state index contributed by atoms with van der Waals surface area (Å²) in [5.74, 6) is 0.0730. The summed E-state index contributed by atoms with van der Waals surface area (Å²) in [6.07, 6.45) is 4.85. The fourth-order valence-corrected chi connectivity index (χ4v) is 5.24. The van der Waals surface area contributed by atoms with Gasteiger partial charge in [0.05, 0.1) is 18.8 Å². The second-order valence-electron chi connectivity index (χ2n) is 9.40. The van der Waals surface area contributed by atoms with E-state index in [4.69, 9.17) is 14.7 Å². The number of rotatable bonds is 12. The highest BCUT2D eigenvalue weighted by Gasteiger charge is 2.32. The number of aromatic nitrogens is 2. The standard InChI is InChI=1S/C28H34N4O6S/c1-32-14-13-29-28(32)39-18-23-16-24(20-11-9-19(17-33)10-12-20)38-27(37-23)21-5-4-6-22(15-21)30-25(34)7-2-3-8-26(35)31-36/h4-6,9-15,23-24,27,33,36H,2-3,7-8,16-18H2,1H3,(H,30,34)(H,31,35). The maximum Gasteiger partial charge on any atom is 0.243 e. The molecule has 2 amide bonds. The zero-order valence-electron chi connectivity index (χ0n) is 21.8. The predicted molar refractivity (Wildman–Crippen MR) is 146 cm³/mol. The van der Waals surface area contributed by atoms with Crippen LogP contribution in [0.2, 0.25) is 0 Å². The van der Waals surface area contributed by atoms with Gasteiger partial charge in [-0.05, 0) is 36.1 Å². The van der Waals surface area contributed by atoms with Gasteiger partial charge in [-0.1, -0.05) is 48.2 Å². The highest BCUT2D eigenvalue weighted by atomic mass is 32.2. The van der Waals surface area contributed by atoms with Crippen molar-refractivity contribution in [1.82, 2.24) is 15.0 Å². The number of carbonyl (C=O) groups is 2. The van der Waals surface area contributed by atoms with E-state index in [1.165, 1.54) is 0 Å². The first-order valence-electron chi connectivity index (χ1n) is 12.9. The molecule has 1 aliphatic heterocycles. The largest absolute Gasteiger partial charge is 0.392 e. The van der Waals surface area contributed by atoms with Crippen LogP contribution in [0.5, 0.6) is 0 Å². The van der Waals surface area contributed by atoms with Crippen LogP contribution in [0.1, 0.15) is 61.2 Å². The van der Waals surface area contributed by atoms with E-state index in [1.807, 2.05) is 66.3 Å². The van der Waals surface area contributed by atoms with Gasteiger partial charge in [-0.3, -0.25) is 14.8 Å². The first kappa shape index (κ1) is 28.8. The molecular formula is C28H34N4O6S. The number of imidazole rings is 1. The molecule has 1 fully saturated rings. The SMILES string of the molecule is Cn1ccnc1SCC1CC(c2ccc(CO)cc2)OC(c2cccc(NC(=O)CCCCC(=O)NO)c2)O1. The molecule has 2 aromatic carbocycles. The van der Waals surface area contributed by atoms with E-state index in [-0.39, 0.29) is 37.6 Å². The maximum atomic E-state index is 12.4. The van der Waals surface area contributed by atoms with Gasteiger partial charge in [-0.25, -0.2) is 10.5 Å². The topological polar surface area (TPSA) is 135 Å². The molecule has 3 aromatic rings. The monoisotopic (exact) mass is 554 g/mol. The molecule has 0 aliphatic carbocycles. The Hall–Kier alpha value is -3.22. The maximum absolute atomic E-state index is 12.4. The van der Waals surface area contributed by atoms with Crippen LogP contribution in [-0.2, 0) is 32.7 Å². The van der Waals surface area contributed by atoms with E-state index >= 15 is 0 Å². The summed E-state index contributed by atoms with van der Waals surface area (Å²) in [5.41, 5.74) is 4.85. The van der Waals surface area contributed by atoms with Gasteiger partial charge in [0.25, 0.3) is 0 Å². The number of hydrogen-bond acceptors (Lipinski definition) is 8. The molecule has 0 radical (unpaired) electrons. The molecule has 208 valence electrons. The summed E-state index contributed by atoms with van der Waals surface area (Å²) < 4.78 is 14.8. The average Bonchev–Trinajstić information content (AvgIpc) is 3.38. The minimum atomic E-state index is -0.637. The molecule has 10 nitrogen and oxygen atoms in total. The third kappa shape index (κ3) is 8.38. The number of amides is 2. The minimum absolute atomic E-state index is 0.0169. The van der Waals surface area contributed by atoms with Crippen molar-refractivity contribution in [1.29, 1.82) is 0 Å². The molecule has 11 heteroatoms. The Balaban J connectivity index is 1.43. The number of aliphatic hydroxyl groups excluding tert-OH is 1. The zero-order chi connectivity index (χ0) is 27.6. The molecule has 0 spiro atoms. The van der Waals surface area contributed by atoms with Crippen molar-refractivity contribution in [2.24, 2.45) is 7.05 Å². The summed E-state index contributed by atoms with van der Waals surface area (Å²) in [6.45, 7) is -0.0169. The zero-order valence-corrected chi connectivity index (χ0v) is 22.6. The highest BCUT2D eigenvalue weighted by Crippen LogP contribution is 2.39. The molecule has 1 saturated heterocycles. The van der Waals surface area contributed by atoms with Gasteiger partial charge in [0.15, 0.2) is 11.4 Å². The Bertz CT molecular complexity index is 1230. The first-order valence-corrected chi connectivity index (χ1v) is 13.9. The summed E-state index contributed by atoms with van der Waals surface area (Å²) in [7, 11) is 1.96. The van der Waals surface area contributed by atoms with Crippen LogP contribution in [0.25, 0.3) is 0 Å². The predicted octanol–water partition coefficient (Wildman–Crippen LogP) is 4.25. The fraction of sp³-hybridized carbons (Fsp3) is 0.393. The second-order valence-corrected chi connectivity index (χ2v) is 10.4. The molecule has 2 heterocycles. The van der Waals surface area contributed by atoms with E-state index in [0.717, 1.165) is 21.8 Å². The van der Waals surface area contributed by atoms with Crippen LogP contribution >= 0.6 is 11.8 Å². The van der Waals surface area contributed by atoms with E-state index in [2.05, 4.69) is 10.3 Å². The van der Waals surface area contributed by atoms with E-state index < -0.39 is 12.2 Å². The molecule has 3 atom stereocenters. The molecule has 4 N–H and O–H groups in total. The first-order chi connectivity index (χ1) is 18.9. The fourth-order valence-electron chi connectivity index (χ4n) is 4.29. The molecule has 4 rings (SSSR count). The second kappa shape index (κ2) is 14.2. The number of aliphatic hydroxyl groups is 1. The lowest BCUT2D eigenvalue weighted by Gasteiger charge is -2.36. The number of hydroxylamine groups is 1.